The number of hydrogen-bond acceptors (Lipinski definition) is 6. The van der Waals surface area contributed by atoms with Crippen molar-refractivity contribution in [2.24, 2.45) is 0 Å². The summed E-state index contributed by atoms with van der Waals surface area (Å²) in [5.41, 5.74) is 1.24. The van der Waals surface area contributed by atoms with E-state index in [1.54, 1.807) is 25.1 Å². The van der Waals surface area contributed by atoms with Gasteiger partial charge in [0.15, 0.2) is 0 Å². The summed E-state index contributed by atoms with van der Waals surface area (Å²) in [4.78, 5) is 27.5. The number of carbonyl (C=O) groups excluding carboxylic acids is 2. The highest BCUT2D eigenvalue weighted by atomic mass is 19.4. The number of alkyl halides is 3. The molecule has 1 heterocycles. The number of ether oxygens (including phenoxy) is 2. The van der Waals surface area contributed by atoms with Crippen LogP contribution in [0.4, 0.5) is 18.9 Å². The van der Waals surface area contributed by atoms with Crippen LogP contribution in [0.3, 0.4) is 0 Å². The molecular weight excluding hydrogens is 503 g/mol. The van der Waals surface area contributed by atoms with Gasteiger partial charge in [-0.25, -0.2) is 0 Å². The lowest BCUT2D eigenvalue weighted by Gasteiger charge is -2.25. The highest BCUT2D eigenvalue weighted by molar-refractivity contribution is 6.51. The molecule has 1 aliphatic rings. The molecule has 10 heteroatoms. The number of aryl methyl sites for hydroxylation is 1. The van der Waals surface area contributed by atoms with E-state index in [1.165, 1.54) is 36.4 Å². The predicted octanol–water partition coefficient (Wildman–Crippen LogP) is 6.01. The Balaban J connectivity index is 1.83. The Labute approximate surface area is 216 Å². The smallest absolute Gasteiger partial charge is 0.508 e. The standard InChI is InChI=1S/C28H24F3NO6/c1-15(2)37-22-13-6-18(14-16(22)3)25(34)23-24(17-4-9-20(33)10-5-17)32(27(36)26(23)35)19-7-11-21(12-8-19)38-28(29,30)31/h4-15,24,33-34H,1-3H3/b25-23-. The van der Waals surface area contributed by atoms with Crippen LogP contribution in [0, 0.1) is 6.92 Å². The van der Waals surface area contributed by atoms with Gasteiger partial charge in [-0.2, -0.15) is 0 Å². The number of Topliss-reactive ketones (excluding diaryl/α,β-unsaturated/α-hetero) is 1. The fraction of sp³-hybridized carbons (Fsp3) is 0.214. The van der Waals surface area contributed by atoms with Crippen LogP contribution >= 0.6 is 0 Å². The van der Waals surface area contributed by atoms with Crippen molar-refractivity contribution < 1.29 is 42.4 Å². The van der Waals surface area contributed by atoms with Gasteiger partial charge in [-0.3, -0.25) is 14.5 Å². The van der Waals surface area contributed by atoms with Gasteiger partial charge >= 0.3 is 6.36 Å². The Hall–Kier alpha value is -4.47. The third-order valence-corrected chi connectivity index (χ3v) is 5.81. The van der Waals surface area contributed by atoms with Gasteiger partial charge < -0.3 is 19.7 Å². The van der Waals surface area contributed by atoms with Crippen LogP contribution in [0.1, 0.15) is 36.6 Å². The van der Waals surface area contributed by atoms with E-state index in [2.05, 4.69) is 4.74 Å². The SMILES string of the molecule is Cc1cc(/C(O)=C2/C(=O)C(=O)N(c3ccc(OC(F)(F)F)cc3)C2c2ccc(O)cc2)ccc1OC(C)C. The van der Waals surface area contributed by atoms with Crippen LogP contribution in [-0.4, -0.2) is 34.4 Å². The van der Waals surface area contributed by atoms with Gasteiger partial charge in [0.05, 0.1) is 17.7 Å². The van der Waals surface area contributed by atoms with Crippen molar-refractivity contribution >= 4 is 23.1 Å². The molecule has 1 unspecified atom stereocenters. The van der Waals surface area contributed by atoms with E-state index in [-0.39, 0.29) is 28.7 Å². The van der Waals surface area contributed by atoms with Crippen LogP contribution in [-0.2, 0) is 9.59 Å². The number of rotatable bonds is 6. The van der Waals surface area contributed by atoms with Gasteiger partial charge in [0.2, 0.25) is 0 Å². The molecule has 0 radical (unpaired) electrons. The number of aliphatic hydroxyl groups is 1. The number of aliphatic hydroxyl groups excluding tert-OH is 1. The fourth-order valence-corrected chi connectivity index (χ4v) is 4.22. The summed E-state index contributed by atoms with van der Waals surface area (Å²) in [6.07, 6.45) is -4.98. The van der Waals surface area contributed by atoms with Crippen LogP contribution < -0.4 is 14.4 Å². The summed E-state index contributed by atoms with van der Waals surface area (Å²) in [5.74, 6) is -2.36. The molecule has 3 aromatic carbocycles. The van der Waals surface area contributed by atoms with Gasteiger partial charge in [-0.05, 0) is 86.5 Å². The van der Waals surface area contributed by atoms with E-state index < -0.39 is 35.6 Å². The molecule has 0 saturated carbocycles. The number of hydrogen-bond donors (Lipinski definition) is 2. The van der Waals surface area contributed by atoms with Crippen LogP contribution in [0.25, 0.3) is 5.76 Å². The van der Waals surface area contributed by atoms with Crippen molar-refractivity contribution in [2.45, 2.75) is 39.3 Å². The average Bonchev–Trinajstić information content (AvgIpc) is 3.10. The number of benzene rings is 3. The van der Waals surface area contributed by atoms with E-state index in [0.29, 0.717) is 16.9 Å². The zero-order valence-electron chi connectivity index (χ0n) is 20.6. The second-order valence-electron chi connectivity index (χ2n) is 8.95. The molecule has 1 amide bonds. The molecule has 0 aromatic heterocycles. The fourth-order valence-electron chi connectivity index (χ4n) is 4.22. The Kier molecular flexibility index (Phi) is 7.08. The van der Waals surface area contributed by atoms with Crippen molar-refractivity contribution in [1.82, 2.24) is 0 Å². The first-order valence-electron chi connectivity index (χ1n) is 11.6. The molecule has 38 heavy (non-hydrogen) atoms. The minimum Gasteiger partial charge on any atom is -0.508 e. The summed E-state index contributed by atoms with van der Waals surface area (Å²) in [7, 11) is 0. The second kappa shape index (κ2) is 10.1. The lowest BCUT2D eigenvalue weighted by Crippen LogP contribution is -2.29. The molecular formula is C28H24F3NO6. The van der Waals surface area contributed by atoms with Crippen molar-refractivity contribution in [1.29, 1.82) is 0 Å². The van der Waals surface area contributed by atoms with Gasteiger partial charge in [-0.15, -0.1) is 13.2 Å². The number of phenols is 1. The Morgan fingerprint density at radius 2 is 1.61 bits per heavy atom. The molecule has 4 rings (SSSR count). The van der Waals surface area contributed by atoms with Crippen LogP contribution in [0.2, 0.25) is 0 Å². The van der Waals surface area contributed by atoms with E-state index in [4.69, 9.17) is 4.74 Å². The number of anilines is 1. The molecule has 3 aromatic rings. The largest absolute Gasteiger partial charge is 0.573 e. The molecule has 198 valence electrons. The monoisotopic (exact) mass is 527 g/mol. The summed E-state index contributed by atoms with van der Waals surface area (Å²) in [5, 5.41) is 21.0. The van der Waals surface area contributed by atoms with E-state index in [1.807, 2.05) is 13.8 Å². The molecule has 1 fully saturated rings. The van der Waals surface area contributed by atoms with Gasteiger partial charge in [0.25, 0.3) is 11.7 Å². The zero-order valence-corrected chi connectivity index (χ0v) is 20.6. The highest BCUT2D eigenvalue weighted by Gasteiger charge is 2.47. The second-order valence-corrected chi connectivity index (χ2v) is 8.95. The third-order valence-electron chi connectivity index (χ3n) is 5.81. The van der Waals surface area contributed by atoms with Crippen LogP contribution in [0.15, 0.2) is 72.3 Å². The van der Waals surface area contributed by atoms with Crippen LogP contribution in [0.5, 0.6) is 17.2 Å². The maximum Gasteiger partial charge on any atom is 0.573 e. The quantitative estimate of drug-likeness (QED) is 0.232. The molecule has 0 bridgehead atoms. The first kappa shape index (κ1) is 26.6. The van der Waals surface area contributed by atoms with Gasteiger partial charge in [0.1, 0.15) is 23.0 Å². The number of aromatic hydroxyl groups is 1. The topological polar surface area (TPSA) is 96.3 Å². The molecule has 0 aliphatic carbocycles. The maximum atomic E-state index is 13.2. The number of phenolic OH excluding ortho intramolecular Hbond substituents is 1. The van der Waals surface area contributed by atoms with E-state index in [9.17, 15) is 33.0 Å². The predicted molar refractivity (Wildman–Crippen MR) is 133 cm³/mol. The molecule has 7 nitrogen and oxygen atoms in total. The zero-order chi connectivity index (χ0) is 27.8. The average molecular weight is 527 g/mol. The van der Waals surface area contributed by atoms with E-state index in [0.717, 1.165) is 17.0 Å². The maximum absolute atomic E-state index is 13.2. The lowest BCUT2D eigenvalue weighted by molar-refractivity contribution is -0.274. The number of halogens is 3. The number of ketones is 1. The van der Waals surface area contributed by atoms with Gasteiger partial charge in [-0.1, -0.05) is 12.1 Å². The lowest BCUT2D eigenvalue weighted by atomic mass is 9.94. The summed E-state index contributed by atoms with van der Waals surface area (Å²) in [6.45, 7) is 5.51. The highest BCUT2D eigenvalue weighted by Crippen LogP contribution is 2.43. The van der Waals surface area contributed by atoms with Crippen molar-refractivity contribution in [3.63, 3.8) is 0 Å². The summed E-state index contributed by atoms with van der Waals surface area (Å²) < 4.78 is 47.4. The van der Waals surface area contributed by atoms with Crippen molar-refractivity contribution in [3.8, 4) is 17.2 Å². The first-order chi connectivity index (χ1) is 17.9. The number of carbonyl (C=O) groups is 2. The normalized spacial score (nSPS) is 17.2. The van der Waals surface area contributed by atoms with Gasteiger partial charge in [0, 0.05) is 11.3 Å². The molecule has 0 spiro atoms. The molecule has 1 atom stereocenters. The Morgan fingerprint density at radius 3 is 2.16 bits per heavy atom. The van der Waals surface area contributed by atoms with Crippen molar-refractivity contribution in [2.75, 3.05) is 4.90 Å². The molecule has 1 aliphatic heterocycles. The third kappa shape index (κ3) is 5.44. The summed E-state index contributed by atoms with van der Waals surface area (Å²) >= 11 is 0. The number of nitrogens with zero attached hydrogens (tertiary/aromatic N) is 1. The van der Waals surface area contributed by atoms with E-state index >= 15 is 0 Å². The first-order valence-corrected chi connectivity index (χ1v) is 11.6. The minimum absolute atomic E-state index is 0.0595. The molecule has 1 saturated heterocycles. The van der Waals surface area contributed by atoms with Crippen molar-refractivity contribution in [3.05, 3.63) is 89.0 Å². The summed E-state index contributed by atoms with van der Waals surface area (Å²) in [6, 6.07) is 13.9. The number of amides is 1. The molecule has 2 N–H and O–H groups in total. The Morgan fingerprint density at radius 1 is 0.974 bits per heavy atom. The Bertz CT molecular complexity index is 1400. The minimum atomic E-state index is -4.90.